The van der Waals surface area contributed by atoms with Crippen LogP contribution in [0.2, 0.25) is 0 Å². The molecule has 0 unspecified atom stereocenters. The van der Waals surface area contributed by atoms with Crippen LogP contribution in [0.1, 0.15) is 57.9 Å². The number of allylic oxidation sites excluding steroid dienone is 1. The third-order valence-electron chi connectivity index (χ3n) is 8.02. The van der Waals surface area contributed by atoms with Crippen LogP contribution in [0.3, 0.4) is 0 Å². The number of primary amides is 1. The standard InChI is InChI=1S/C32H43N5O7/c1-18(2)26(17-38)36-30(42)20(4)34-31(43)25(16-27(33)39)35-32(44)29-24(13-14-37(29)19(3)9-12-28(40)41)23-11-10-21-7-5-6-8-22(21)15-23/h5-8,10-11,15,18,20,24-26,29,38H,3,9,12-14,16-17H2,1-2,4H3,(H2,33,39)(H,34,43)(H,35,44)(H,36,42)(H,40,41)/t20-,24+,25-,26+,29-/m0/s1. The Labute approximate surface area is 257 Å². The Kier molecular flexibility index (Phi) is 11.9. The van der Waals surface area contributed by atoms with Crippen LogP contribution >= 0.6 is 0 Å². The molecule has 0 aliphatic carbocycles. The van der Waals surface area contributed by atoms with Gasteiger partial charge in [-0.05, 0) is 42.0 Å². The second-order valence-corrected chi connectivity index (χ2v) is 11.6. The van der Waals surface area contributed by atoms with Crippen LogP contribution in [0.15, 0.2) is 54.7 Å². The van der Waals surface area contributed by atoms with Crippen LogP contribution in [-0.4, -0.2) is 82.0 Å². The fraction of sp³-hybridized carbons (Fsp3) is 0.469. The molecule has 238 valence electrons. The van der Waals surface area contributed by atoms with Gasteiger partial charge < -0.3 is 36.8 Å². The van der Waals surface area contributed by atoms with E-state index >= 15 is 0 Å². The highest BCUT2D eigenvalue weighted by Gasteiger charge is 2.42. The number of aliphatic carboxylic acids is 1. The molecule has 5 atom stereocenters. The largest absolute Gasteiger partial charge is 0.481 e. The molecule has 0 aromatic heterocycles. The minimum Gasteiger partial charge on any atom is -0.481 e. The summed E-state index contributed by atoms with van der Waals surface area (Å²) < 4.78 is 0. The molecule has 1 aliphatic heterocycles. The Balaban J connectivity index is 1.85. The average Bonchev–Trinajstić information content (AvgIpc) is 3.43. The van der Waals surface area contributed by atoms with Gasteiger partial charge in [0, 0.05) is 18.2 Å². The van der Waals surface area contributed by atoms with E-state index in [0.717, 1.165) is 16.3 Å². The summed E-state index contributed by atoms with van der Waals surface area (Å²) in [5.41, 5.74) is 6.79. The van der Waals surface area contributed by atoms with Crippen molar-refractivity contribution in [2.24, 2.45) is 11.7 Å². The van der Waals surface area contributed by atoms with Crippen LogP contribution < -0.4 is 21.7 Å². The molecule has 2 aromatic rings. The zero-order chi connectivity index (χ0) is 32.6. The van der Waals surface area contributed by atoms with Gasteiger partial charge in [-0.2, -0.15) is 0 Å². The molecule has 12 nitrogen and oxygen atoms in total. The molecule has 1 saturated heterocycles. The first-order valence-electron chi connectivity index (χ1n) is 14.8. The highest BCUT2D eigenvalue weighted by atomic mass is 16.4. The highest BCUT2D eigenvalue weighted by Crippen LogP contribution is 2.37. The normalized spacial score (nSPS) is 18.3. The number of hydrogen-bond donors (Lipinski definition) is 6. The van der Waals surface area contributed by atoms with Crippen LogP contribution in [0, 0.1) is 5.92 Å². The number of nitrogens with zero attached hydrogens (tertiary/aromatic N) is 1. The van der Waals surface area contributed by atoms with Gasteiger partial charge in [0.15, 0.2) is 0 Å². The van der Waals surface area contributed by atoms with Gasteiger partial charge >= 0.3 is 5.97 Å². The van der Waals surface area contributed by atoms with Crippen molar-refractivity contribution in [1.29, 1.82) is 0 Å². The number of benzene rings is 2. The van der Waals surface area contributed by atoms with Gasteiger partial charge in [-0.15, -0.1) is 0 Å². The molecular formula is C32H43N5O7. The van der Waals surface area contributed by atoms with Crippen molar-refractivity contribution >= 4 is 40.4 Å². The maximum absolute atomic E-state index is 14.0. The van der Waals surface area contributed by atoms with Crippen molar-refractivity contribution in [2.45, 2.75) is 76.5 Å². The average molecular weight is 610 g/mol. The van der Waals surface area contributed by atoms with E-state index in [2.05, 4.69) is 22.5 Å². The van der Waals surface area contributed by atoms with E-state index < -0.39 is 60.2 Å². The molecule has 1 aliphatic rings. The van der Waals surface area contributed by atoms with E-state index in [1.807, 2.05) is 56.3 Å². The minimum absolute atomic E-state index is 0.0519. The number of carbonyl (C=O) groups is 5. The van der Waals surface area contributed by atoms with Gasteiger partial charge in [0.05, 0.1) is 25.5 Å². The third-order valence-corrected chi connectivity index (χ3v) is 8.02. The number of hydrogen-bond acceptors (Lipinski definition) is 7. The second kappa shape index (κ2) is 15.3. The number of fused-ring (bicyclic) bond motifs is 1. The van der Waals surface area contributed by atoms with Crippen LogP contribution in [0.25, 0.3) is 10.8 Å². The van der Waals surface area contributed by atoms with E-state index in [4.69, 9.17) is 5.73 Å². The van der Waals surface area contributed by atoms with E-state index in [1.165, 1.54) is 6.92 Å². The molecule has 12 heteroatoms. The summed E-state index contributed by atoms with van der Waals surface area (Å²) in [6.45, 7) is 9.31. The monoisotopic (exact) mass is 609 g/mol. The number of rotatable bonds is 15. The Morgan fingerprint density at radius 1 is 0.977 bits per heavy atom. The molecule has 1 heterocycles. The molecule has 7 N–H and O–H groups in total. The van der Waals surface area contributed by atoms with E-state index in [-0.39, 0.29) is 31.3 Å². The molecule has 0 radical (unpaired) electrons. The number of nitrogens with two attached hydrogens (primary N) is 1. The zero-order valence-electron chi connectivity index (χ0n) is 25.4. The summed E-state index contributed by atoms with van der Waals surface area (Å²) in [6, 6.07) is 9.97. The molecule has 0 saturated carbocycles. The van der Waals surface area contributed by atoms with Crippen molar-refractivity contribution in [2.75, 3.05) is 13.2 Å². The topological polar surface area (TPSA) is 191 Å². The third kappa shape index (κ3) is 8.79. The summed E-state index contributed by atoms with van der Waals surface area (Å²) in [6.07, 6.45) is 0.0241. The van der Waals surface area contributed by atoms with Crippen molar-refractivity contribution in [3.8, 4) is 0 Å². The molecule has 44 heavy (non-hydrogen) atoms. The van der Waals surface area contributed by atoms with Crippen LogP contribution in [0.5, 0.6) is 0 Å². The van der Waals surface area contributed by atoms with Crippen molar-refractivity contribution in [3.05, 3.63) is 60.3 Å². The lowest BCUT2D eigenvalue weighted by Crippen LogP contribution is -2.57. The Bertz CT molecular complexity index is 1390. The minimum atomic E-state index is -1.37. The predicted octanol–water partition coefficient (Wildman–Crippen LogP) is 1.37. The second-order valence-electron chi connectivity index (χ2n) is 11.6. The maximum Gasteiger partial charge on any atom is 0.303 e. The predicted molar refractivity (Wildman–Crippen MR) is 165 cm³/mol. The number of likely N-dealkylation sites (tertiary alicyclic amines) is 1. The van der Waals surface area contributed by atoms with E-state index in [9.17, 15) is 34.2 Å². The lowest BCUT2D eigenvalue weighted by Gasteiger charge is -2.32. The first kappa shape index (κ1) is 34.0. The molecule has 2 aromatic carbocycles. The molecular weight excluding hydrogens is 566 g/mol. The molecule has 3 rings (SSSR count). The molecule has 4 amide bonds. The zero-order valence-corrected chi connectivity index (χ0v) is 25.4. The summed E-state index contributed by atoms with van der Waals surface area (Å²) in [5.74, 6) is -4.07. The highest BCUT2D eigenvalue weighted by molar-refractivity contribution is 5.96. The quantitative estimate of drug-likeness (QED) is 0.174. The fourth-order valence-electron chi connectivity index (χ4n) is 5.43. The van der Waals surface area contributed by atoms with E-state index in [0.29, 0.717) is 18.7 Å². The van der Waals surface area contributed by atoms with E-state index in [1.54, 1.807) is 4.90 Å². The van der Waals surface area contributed by atoms with Crippen LogP contribution in [-0.2, 0) is 24.0 Å². The number of aliphatic hydroxyl groups is 1. The van der Waals surface area contributed by atoms with Gasteiger partial charge in [0.25, 0.3) is 0 Å². The summed E-state index contributed by atoms with van der Waals surface area (Å²) in [7, 11) is 0. The van der Waals surface area contributed by atoms with Crippen molar-refractivity contribution in [3.63, 3.8) is 0 Å². The van der Waals surface area contributed by atoms with Crippen molar-refractivity contribution in [1.82, 2.24) is 20.9 Å². The smallest absolute Gasteiger partial charge is 0.303 e. The number of amides is 4. The first-order valence-corrected chi connectivity index (χ1v) is 14.8. The number of carbonyl (C=O) groups excluding carboxylic acids is 4. The number of carboxylic acid groups (broad SMARTS) is 1. The first-order chi connectivity index (χ1) is 20.8. The molecule has 0 spiro atoms. The Hall–Kier alpha value is -4.45. The lowest BCUT2D eigenvalue weighted by atomic mass is 9.89. The number of nitrogens with one attached hydrogen (secondary N) is 3. The maximum atomic E-state index is 14.0. The molecule has 0 bridgehead atoms. The fourth-order valence-corrected chi connectivity index (χ4v) is 5.43. The Morgan fingerprint density at radius 2 is 1.66 bits per heavy atom. The number of aliphatic hydroxyl groups excluding tert-OH is 1. The van der Waals surface area contributed by atoms with Gasteiger partial charge in [-0.25, -0.2) is 0 Å². The lowest BCUT2D eigenvalue weighted by molar-refractivity contribution is -0.137. The van der Waals surface area contributed by atoms with Gasteiger partial charge in [-0.1, -0.05) is 62.9 Å². The number of carboxylic acids is 1. The van der Waals surface area contributed by atoms with Crippen molar-refractivity contribution < 1.29 is 34.2 Å². The van der Waals surface area contributed by atoms with Gasteiger partial charge in [0.2, 0.25) is 23.6 Å². The summed E-state index contributed by atoms with van der Waals surface area (Å²) >= 11 is 0. The van der Waals surface area contributed by atoms with Gasteiger partial charge in [-0.3, -0.25) is 24.0 Å². The molecule has 1 fully saturated rings. The summed E-state index contributed by atoms with van der Waals surface area (Å²) in [5, 5.41) is 28.6. The summed E-state index contributed by atoms with van der Waals surface area (Å²) in [4.78, 5) is 64.8. The van der Waals surface area contributed by atoms with Crippen LogP contribution in [0.4, 0.5) is 0 Å². The Morgan fingerprint density at radius 3 is 2.27 bits per heavy atom. The SMILES string of the molecule is C=C(CCC(=O)O)N1CC[C@H](c2ccc3ccccc3c2)[C@H]1C(=O)N[C@@H](CC(N)=O)C(=O)N[C@@H](C)C(=O)N[C@H](CO)C(C)C. The van der Waals surface area contributed by atoms with Gasteiger partial charge in [0.1, 0.15) is 18.1 Å².